The van der Waals surface area contributed by atoms with Crippen LogP contribution in [0.5, 0.6) is 0 Å². The average molecular weight is 562 g/mol. The Morgan fingerprint density at radius 1 is 1.11 bits per heavy atom. The summed E-state index contributed by atoms with van der Waals surface area (Å²) in [6, 6.07) is 7.75. The van der Waals surface area contributed by atoms with Crippen molar-refractivity contribution >= 4 is 35.3 Å². The molecule has 4 nitrogen and oxygen atoms in total. The molecule has 0 radical (unpaired) electrons. The van der Waals surface area contributed by atoms with Crippen LogP contribution in [0, 0.1) is 17.5 Å². The van der Waals surface area contributed by atoms with Gasteiger partial charge in [0.15, 0.2) is 5.67 Å². The molecule has 1 aliphatic rings. The minimum atomic E-state index is -2.03. The fraction of sp³-hybridized carbons (Fsp3) is 0.500. The summed E-state index contributed by atoms with van der Waals surface area (Å²) in [5.74, 6) is -2.44. The van der Waals surface area contributed by atoms with E-state index in [4.69, 9.17) is 0 Å². The van der Waals surface area contributed by atoms with Gasteiger partial charge in [-0.25, -0.2) is 22.0 Å². The molecule has 0 bridgehead atoms. The zero-order valence-electron chi connectivity index (χ0n) is 20.8. The molecule has 0 aromatic heterocycles. The summed E-state index contributed by atoms with van der Waals surface area (Å²) >= 11 is 2.08. The van der Waals surface area contributed by atoms with E-state index in [-0.39, 0.29) is 35.3 Å². The van der Waals surface area contributed by atoms with Gasteiger partial charge in [-0.05, 0) is 67.6 Å². The van der Waals surface area contributed by atoms with Gasteiger partial charge in [0.2, 0.25) is 0 Å². The standard InChI is InChI=1S/C26H32F5N3OS2/c1-3-10-26(31,4-2)25(35)33-37-21-12-22(29)24(23(30)13-21)32-19(9-11-34-14-18(28)15-34)16-36-20-7-5-17(27)6-8-20/h5-8,12-13,18-19,32H,3-4,9-11,14-16H2,1-2H3,(H,33,35). The molecule has 1 fully saturated rings. The molecule has 1 amide bonds. The van der Waals surface area contributed by atoms with Crippen LogP contribution in [0.25, 0.3) is 0 Å². The lowest BCUT2D eigenvalue weighted by Gasteiger charge is -2.35. The van der Waals surface area contributed by atoms with Crippen LogP contribution >= 0.6 is 23.7 Å². The summed E-state index contributed by atoms with van der Waals surface area (Å²) in [7, 11) is 0. The van der Waals surface area contributed by atoms with Gasteiger partial charge in [-0.1, -0.05) is 20.3 Å². The van der Waals surface area contributed by atoms with E-state index in [1.165, 1.54) is 23.9 Å². The smallest absolute Gasteiger partial charge is 0.267 e. The molecule has 0 spiro atoms. The van der Waals surface area contributed by atoms with E-state index >= 15 is 0 Å². The average Bonchev–Trinajstić information content (AvgIpc) is 2.85. The highest BCUT2D eigenvalue weighted by Gasteiger charge is 2.35. The number of rotatable bonds is 14. The maximum Gasteiger partial charge on any atom is 0.267 e. The third-order valence-corrected chi connectivity index (χ3v) is 8.14. The lowest BCUT2D eigenvalue weighted by molar-refractivity contribution is -0.131. The molecule has 0 saturated carbocycles. The van der Waals surface area contributed by atoms with E-state index in [0.717, 1.165) is 17.0 Å². The van der Waals surface area contributed by atoms with Crippen LogP contribution < -0.4 is 10.0 Å². The largest absolute Gasteiger partial charge is 0.377 e. The van der Waals surface area contributed by atoms with Crippen molar-refractivity contribution in [3.05, 3.63) is 53.8 Å². The molecule has 0 aliphatic carbocycles. The van der Waals surface area contributed by atoms with E-state index in [2.05, 4.69) is 10.0 Å². The molecule has 2 aromatic carbocycles. The predicted octanol–water partition coefficient (Wildman–Crippen LogP) is 6.76. The second-order valence-corrected chi connectivity index (χ2v) is 11.1. The van der Waals surface area contributed by atoms with Gasteiger partial charge in [0, 0.05) is 41.2 Å². The Hall–Kier alpha value is -1.98. The van der Waals surface area contributed by atoms with E-state index in [1.807, 2.05) is 4.90 Å². The molecule has 1 aliphatic heterocycles. The van der Waals surface area contributed by atoms with Gasteiger partial charge in [0.25, 0.3) is 5.91 Å². The minimum Gasteiger partial charge on any atom is -0.377 e. The summed E-state index contributed by atoms with van der Waals surface area (Å²) < 4.78 is 73.4. The van der Waals surface area contributed by atoms with E-state index in [9.17, 15) is 26.7 Å². The van der Waals surface area contributed by atoms with E-state index < -0.39 is 29.4 Å². The van der Waals surface area contributed by atoms with Gasteiger partial charge >= 0.3 is 0 Å². The number of carbonyl (C=O) groups is 1. The Balaban J connectivity index is 1.66. The summed E-state index contributed by atoms with van der Waals surface area (Å²) in [5.41, 5.74) is -2.35. The number of nitrogens with zero attached hydrogens (tertiary/aromatic N) is 1. The third-order valence-electron chi connectivity index (χ3n) is 6.21. The number of hydrogen-bond acceptors (Lipinski definition) is 5. The van der Waals surface area contributed by atoms with Crippen LogP contribution in [0.1, 0.15) is 39.5 Å². The normalized spacial score (nSPS) is 16.6. The van der Waals surface area contributed by atoms with E-state index in [0.29, 0.717) is 50.2 Å². The molecular weight excluding hydrogens is 529 g/mol. The first-order valence-corrected chi connectivity index (χ1v) is 14.1. The summed E-state index contributed by atoms with van der Waals surface area (Å²) in [6.45, 7) is 4.59. The fourth-order valence-corrected chi connectivity index (χ4v) is 5.64. The van der Waals surface area contributed by atoms with Crippen LogP contribution in [0.3, 0.4) is 0 Å². The zero-order chi connectivity index (χ0) is 27.0. The molecule has 1 heterocycles. The van der Waals surface area contributed by atoms with Gasteiger partial charge in [0.1, 0.15) is 29.3 Å². The molecule has 37 heavy (non-hydrogen) atoms. The first-order chi connectivity index (χ1) is 17.6. The second kappa shape index (κ2) is 13.7. The summed E-state index contributed by atoms with van der Waals surface area (Å²) in [5, 5.41) is 2.93. The predicted molar refractivity (Wildman–Crippen MR) is 140 cm³/mol. The van der Waals surface area contributed by atoms with Crippen molar-refractivity contribution in [1.82, 2.24) is 9.62 Å². The lowest BCUT2D eigenvalue weighted by atomic mass is 9.97. The number of nitrogens with one attached hydrogen (secondary N) is 2. The number of thioether (sulfide) groups is 1. The van der Waals surface area contributed by atoms with Crippen molar-refractivity contribution in [3.63, 3.8) is 0 Å². The Kier molecular flexibility index (Phi) is 11.0. The minimum absolute atomic E-state index is 0.000447. The van der Waals surface area contributed by atoms with Crippen LogP contribution in [0.2, 0.25) is 0 Å². The Labute approximate surface area is 223 Å². The number of halogens is 5. The molecule has 2 atom stereocenters. The monoisotopic (exact) mass is 561 g/mol. The quantitative estimate of drug-likeness (QED) is 0.152. The maximum atomic E-state index is 14.9. The molecule has 2 unspecified atom stereocenters. The second-order valence-electron chi connectivity index (χ2n) is 9.12. The molecule has 1 saturated heterocycles. The molecule has 204 valence electrons. The number of amides is 1. The molecular formula is C26H32F5N3OS2. The number of hydrogen-bond donors (Lipinski definition) is 2. The molecule has 2 aromatic rings. The summed E-state index contributed by atoms with van der Waals surface area (Å²) in [6.07, 6.45) is 0.210. The van der Waals surface area contributed by atoms with Gasteiger partial charge in [0.05, 0.1) is 0 Å². The summed E-state index contributed by atoms with van der Waals surface area (Å²) in [4.78, 5) is 15.1. The number of alkyl halides is 2. The van der Waals surface area contributed by atoms with Gasteiger partial charge in [-0.3, -0.25) is 14.4 Å². The Morgan fingerprint density at radius 2 is 1.76 bits per heavy atom. The SMILES string of the molecule is CCCC(F)(CC)C(=O)NSc1cc(F)c(NC(CCN2CC(F)C2)CSc2ccc(F)cc2)c(F)c1. The van der Waals surface area contributed by atoms with Crippen molar-refractivity contribution < 1.29 is 26.7 Å². The first-order valence-electron chi connectivity index (χ1n) is 12.3. The number of benzene rings is 2. The highest BCUT2D eigenvalue weighted by Crippen LogP contribution is 2.30. The molecule has 2 N–H and O–H groups in total. The van der Waals surface area contributed by atoms with Crippen molar-refractivity contribution in [3.8, 4) is 0 Å². The lowest BCUT2D eigenvalue weighted by Crippen LogP contribution is -2.49. The molecule has 3 rings (SSSR count). The van der Waals surface area contributed by atoms with Crippen molar-refractivity contribution in [2.45, 2.75) is 67.2 Å². The number of anilines is 1. The van der Waals surface area contributed by atoms with E-state index in [1.54, 1.807) is 26.0 Å². The van der Waals surface area contributed by atoms with Gasteiger partial charge in [-0.15, -0.1) is 11.8 Å². The van der Waals surface area contributed by atoms with Gasteiger partial charge < -0.3 is 5.32 Å². The third kappa shape index (κ3) is 8.51. The Bertz CT molecular complexity index is 1020. The van der Waals surface area contributed by atoms with Crippen LogP contribution in [-0.4, -0.2) is 54.1 Å². The Morgan fingerprint density at radius 3 is 2.32 bits per heavy atom. The molecule has 11 heteroatoms. The zero-order valence-corrected chi connectivity index (χ0v) is 22.5. The number of likely N-dealkylation sites (tertiary alicyclic amines) is 1. The first kappa shape index (κ1) is 29.6. The van der Waals surface area contributed by atoms with Crippen LogP contribution in [0.4, 0.5) is 27.6 Å². The highest BCUT2D eigenvalue weighted by atomic mass is 32.2. The van der Waals surface area contributed by atoms with Crippen molar-refractivity contribution in [1.29, 1.82) is 0 Å². The highest BCUT2D eigenvalue weighted by molar-refractivity contribution is 7.99. The fourth-order valence-electron chi connectivity index (χ4n) is 3.95. The van der Waals surface area contributed by atoms with Crippen molar-refractivity contribution in [2.75, 3.05) is 30.7 Å². The van der Waals surface area contributed by atoms with Gasteiger partial charge in [-0.2, -0.15) is 0 Å². The topological polar surface area (TPSA) is 44.4 Å². The van der Waals surface area contributed by atoms with Crippen molar-refractivity contribution in [2.24, 2.45) is 0 Å². The van der Waals surface area contributed by atoms with Crippen LogP contribution in [0.15, 0.2) is 46.2 Å². The van der Waals surface area contributed by atoms with Crippen LogP contribution in [-0.2, 0) is 4.79 Å². The maximum absolute atomic E-state index is 14.9. The number of carbonyl (C=O) groups excluding carboxylic acids is 1.